The van der Waals surface area contributed by atoms with E-state index >= 15 is 0 Å². The molecule has 5 rings (SSSR count). The van der Waals surface area contributed by atoms with Crippen LogP contribution in [0.1, 0.15) is 81.8 Å². The van der Waals surface area contributed by atoms with Gasteiger partial charge in [-0.2, -0.15) is 0 Å². The number of ketones is 1. The van der Waals surface area contributed by atoms with E-state index in [1.807, 2.05) is 56.3 Å². The maximum atomic E-state index is 14.0. The van der Waals surface area contributed by atoms with Crippen molar-refractivity contribution in [1.82, 2.24) is 0 Å². The molecule has 2 aromatic rings. The largest absolute Gasteiger partial charge is 0.494 e. The Kier molecular flexibility index (Phi) is 8.57. The maximum Gasteiger partial charge on any atom is 0.336 e. The fourth-order valence-electron chi connectivity index (χ4n) is 6.51. The van der Waals surface area contributed by atoms with Crippen LogP contribution in [0, 0.1) is 5.92 Å². The predicted molar refractivity (Wildman–Crippen MR) is 153 cm³/mol. The second-order valence-corrected chi connectivity index (χ2v) is 10.9. The number of carbonyl (C=O) groups excluding carboxylic acids is 2. The average Bonchev–Trinajstić information content (AvgIpc) is 2.96. The molecular formula is C33H39NO6. The van der Waals surface area contributed by atoms with Crippen LogP contribution in [-0.2, 0) is 14.3 Å². The van der Waals surface area contributed by atoms with Crippen molar-refractivity contribution in [3.05, 3.63) is 64.9 Å². The molecule has 3 aliphatic rings. The van der Waals surface area contributed by atoms with E-state index in [2.05, 4.69) is 0 Å². The first-order valence-corrected chi connectivity index (χ1v) is 14.4. The van der Waals surface area contributed by atoms with E-state index in [9.17, 15) is 9.59 Å². The lowest BCUT2D eigenvalue weighted by Gasteiger charge is -2.38. The maximum absolute atomic E-state index is 14.0. The summed E-state index contributed by atoms with van der Waals surface area (Å²) in [5, 5.41) is 0. The number of allylic oxidation sites excluding steroid dienone is 1. The summed E-state index contributed by atoms with van der Waals surface area (Å²) in [7, 11) is 3.22. The molecule has 7 heteroatoms. The van der Waals surface area contributed by atoms with Gasteiger partial charge in [-0.3, -0.25) is 9.79 Å². The lowest BCUT2D eigenvalue weighted by atomic mass is 9.66. The summed E-state index contributed by atoms with van der Waals surface area (Å²) in [6.07, 6.45) is 5.96. The van der Waals surface area contributed by atoms with Crippen molar-refractivity contribution in [2.75, 3.05) is 20.8 Å². The Bertz CT molecular complexity index is 1320. The van der Waals surface area contributed by atoms with Gasteiger partial charge in [0, 0.05) is 23.7 Å². The highest BCUT2D eigenvalue weighted by Gasteiger charge is 2.46. The zero-order valence-corrected chi connectivity index (χ0v) is 23.9. The molecule has 3 atom stereocenters. The van der Waals surface area contributed by atoms with Crippen LogP contribution >= 0.6 is 0 Å². The highest BCUT2D eigenvalue weighted by atomic mass is 16.5. The molecule has 0 aromatic heterocycles. The molecule has 1 heterocycles. The number of methoxy groups -OCH3 is 2. The number of carbonyl (C=O) groups is 2. The third-order valence-corrected chi connectivity index (χ3v) is 8.41. The lowest BCUT2D eigenvalue weighted by molar-refractivity contribution is -0.146. The number of hydrogen-bond donors (Lipinski definition) is 0. The minimum absolute atomic E-state index is 0.0405. The Hall–Kier alpha value is -3.61. The summed E-state index contributed by atoms with van der Waals surface area (Å²) in [5.74, 6) is 0.689. The number of rotatable bonds is 8. The zero-order chi connectivity index (χ0) is 28.2. The number of ether oxygens (including phenoxy) is 4. The Morgan fingerprint density at radius 2 is 1.70 bits per heavy atom. The quantitative estimate of drug-likeness (QED) is 0.350. The molecule has 1 unspecified atom stereocenters. The van der Waals surface area contributed by atoms with E-state index in [1.54, 1.807) is 14.2 Å². The van der Waals surface area contributed by atoms with Crippen molar-refractivity contribution in [1.29, 1.82) is 0 Å². The molecule has 0 radical (unpaired) electrons. The van der Waals surface area contributed by atoms with Crippen LogP contribution in [0.25, 0.3) is 0 Å². The standard InChI is InChI=1S/C33H39NO6/c1-5-39-25-13-9-10-22(16-25)31-30(33(36)40-24-11-7-6-8-12-24)20(2)34-26-17-23(18-27(35)32(26)31)21-14-15-28(37-3)29(19-21)38-4/h9-10,13-16,19,23-24,31-32H,5-8,11-12,17-18H2,1-4H3/t23-,31+,32?/m0/s1. The third kappa shape index (κ3) is 5.65. The first-order valence-electron chi connectivity index (χ1n) is 14.4. The minimum atomic E-state index is -0.522. The molecule has 212 valence electrons. The summed E-state index contributed by atoms with van der Waals surface area (Å²) in [6, 6.07) is 13.6. The smallest absolute Gasteiger partial charge is 0.336 e. The van der Waals surface area contributed by atoms with Crippen molar-refractivity contribution in [2.45, 2.75) is 76.7 Å². The Labute approximate surface area is 236 Å². The van der Waals surface area contributed by atoms with E-state index in [4.69, 9.17) is 23.9 Å². The molecule has 0 N–H and O–H groups in total. The van der Waals surface area contributed by atoms with Gasteiger partial charge in [-0.25, -0.2) is 4.79 Å². The molecule has 2 aliphatic carbocycles. The molecule has 40 heavy (non-hydrogen) atoms. The van der Waals surface area contributed by atoms with Crippen LogP contribution in [0.5, 0.6) is 17.2 Å². The second kappa shape index (κ2) is 12.3. The number of Topliss-reactive ketones (excluding diaryl/α,β-unsaturated/α-hetero) is 1. The molecule has 0 amide bonds. The minimum Gasteiger partial charge on any atom is -0.494 e. The van der Waals surface area contributed by atoms with Crippen molar-refractivity contribution in [3.8, 4) is 17.2 Å². The third-order valence-electron chi connectivity index (χ3n) is 8.41. The lowest BCUT2D eigenvalue weighted by Crippen LogP contribution is -2.41. The predicted octanol–water partition coefficient (Wildman–Crippen LogP) is 6.55. The van der Waals surface area contributed by atoms with Crippen LogP contribution in [0.15, 0.2) is 58.7 Å². The van der Waals surface area contributed by atoms with Crippen LogP contribution < -0.4 is 14.2 Å². The molecular weight excluding hydrogens is 506 g/mol. The average molecular weight is 546 g/mol. The van der Waals surface area contributed by atoms with Gasteiger partial charge in [0.2, 0.25) is 0 Å². The normalized spacial score (nSPS) is 23.2. The second-order valence-electron chi connectivity index (χ2n) is 10.9. The summed E-state index contributed by atoms with van der Waals surface area (Å²) >= 11 is 0. The van der Waals surface area contributed by atoms with E-state index in [-0.39, 0.29) is 23.8 Å². The zero-order valence-electron chi connectivity index (χ0n) is 23.9. The fourth-order valence-corrected chi connectivity index (χ4v) is 6.51. The van der Waals surface area contributed by atoms with Crippen LogP contribution in [0.2, 0.25) is 0 Å². The Morgan fingerprint density at radius 3 is 2.42 bits per heavy atom. The number of nitrogens with zero attached hydrogens (tertiary/aromatic N) is 1. The van der Waals surface area contributed by atoms with Gasteiger partial charge >= 0.3 is 5.97 Å². The molecule has 1 aliphatic heterocycles. The van der Waals surface area contributed by atoms with Gasteiger partial charge in [0.1, 0.15) is 17.6 Å². The van der Waals surface area contributed by atoms with E-state index in [0.29, 0.717) is 48.0 Å². The van der Waals surface area contributed by atoms with Gasteiger partial charge in [0.15, 0.2) is 11.5 Å². The van der Waals surface area contributed by atoms with E-state index in [1.165, 1.54) is 6.42 Å². The molecule has 2 saturated carbocycles. The molecule has 0 saturated heterocycles. The van der Waals surface area contributed by atoms with Crippen LogP contribution in [0.4, 0.5) is 0 Å². The monoisotopic (exact) mass is 545 g/mol. The summed E-state index contributed by atoms with van der Waals surface area (Å²) in [4.78, 5) is 32.7. The van der Waals surface area contributed by atoms with Crippen molar-refractivity contribution in [2.24, 2.45) is 10.9 Å². The van der Waals surface area contributed by atoms with Gasteiger partial charge in [0.05, 0.1) is 32.3 Å². The number of hydrogen-bond acceptors (Lipinski definition) is 7. The molecule has 7 nitrogen and oxygen atoms in total. The van der Waals surface area contributed by atoms with Gasteiger partial charge < -0.3 is 18.9 Å². The number of esters is 1. The summed E-state index contributed by atoms with van der Waals surface area (Å²) in [6.45, 7) is 4.33. The Balaban J connectivity index is 1.53. The van der Waals surface area contributed by atoms with Gasteiger partial charge in [-0.05, 0) is 87.3 Å². The summed E-state index contributed by atoms with van der Waals surface area (Å²) < 4.78 is 22.8. The SMILES string of the molecule is CCOc1cccc([C@@H]2C(C(=O)OC3CCCCC3)=C(C)N=C3C[C@H](c4ccc(OC)c(OC)c4)CC(=O)C32)c1. The van der Waals surface area contributed by atoms with Gasteiger partial charge in [-0.15, -0.1) is 0 Å². The first kappa shape index (κ1) is 27.9. The number of fused-ring (bicyclic) bond motifs is 1. The highest BCUT2D eigenvalue weighted by molar-refractivity contribution is 6.12. The van der Waals surface area contributed by atoms with Crippen LogP contribution in [0.3, 0.4) is 0 Å². The van der Waals surface area contributed by atoms with Gasteiger partial charge in [-0.1, -0.05) is 24.6 Å². The van der Waals surface area contributed by atoms with Crippen LogP contribution in [-0.4, -0.2) is 44.4 Å². The molecule has 0 bridgehead atoms. The fraction of sp³-hybridized carbons (Fsp3) is 0.485. The highest BCUT2D eigenvalue weighted by Crippen LogP contribution is 2.47. The first-order chi connectivity index (χ1) is 19.4. The summed E-state index contributed by atoms with van der Waals surface area (Å²) in [5.41, 5.74) is 3.81. The van der Waals surface area contributed by atoms with E-state index in [0.717, 1.165) is 42.5 Å². The molecule has 2 fully saturated rings. The molecule has 2 aromatic carbocycles. The number of benzene rings is 2. The van der Waals surface area contributed by atoms with Crippen molar-refractivity contribution < 1.29 is 28.5 Å². The topological polar surface area (TPSA) is 83.4 Å². The van der Waals surface area contributed by atoms with Gasteiger partial charge in [0.25, 0.3) is 0 Å². The Morgan fingerprint density at radius 1 is 0.925 bits per heavy atom. The van der Waals surface area contributed by atoms with Crippen molar-refractivity contribution in [3.63, 3.8) is 0 Å². The molecule has 0 spiro atoms. The number of aliphatic imine (C=N–C) groups is 1. The van der Waals surface area contributed by atoms with Crippen molar-refractivity contribution >= 4 is 17.5 Å². The van der Waals surface area contributed by atoms with E-state index < -0.39 is 11.8 Å².